The minimum Gasteiger partial charge on any atom is -0.494 e. The van der Waals surface area contributed by atoms with Crippen LogP contribution in [0.2, 0.25) is 0 Å². The van der Waals surface area contributed by atoms with Crippen molar-refractivity contribution < 1.29 is 18.9 Å². The van der Waals surface area contributed by atoms with E-state index in [0.717, 1.165) is 36.3 Å². The summed E-state index contributed by atoms with van der Waals surface area (Å²) in [6.45, 7) is 5.27. The second-order valence-electron chi connectivity index (χ2n) is 8.61. The Bertz CT molecular complexity index is 1250. The molecular weight excluding hydrogens is 466 g/mol. The van der Waals surface area contributed by atoms with Gasteiger partial charge in [0.05, 0.1) is 24.8 Å². The summed E-state index contributed by atoms with van der Waals surface area (Å²) < 4.78 is 22.7. The summed E-state index contributed by atoms with van der Waals surface area (Å²) in [5.74, 6) is 2.14. The smallest absolute Gasteiger partial charge is 0.253 e. The molecule has 1 atom stereocenters. The number of aromatic nitrogens is 1. The highest BCUT2D eigenvalue weighted by Crippen LogP contribution is 2.33. The number of pyridine rings is 1. The molecule has 2 N–H and O–H groups in total. The molecule has 0 spiro atoms. The zero-order valence-corrected chi connectivity index (χ0v) is 20.5. The van der Waals surface area contributed by atoms with E-state index in [4.69, 9.17) is 31.2 Å². The number of H-pyrrole nitrogens is 1. The minimum absolute atomic E-state index is 0.0761. The fourth-order valence-electron chi connectivity index (χ4n) is 4.37. The van der Waals surface area contributed by atoms with Gasteiger partial charge in [0, 0.05) is 35.9 Å². The predicted octanol–water partition coefficient (Wildman–Crippen LogP) is 4.08. The summed E-state index contributed by atoms with van der Waals surface area (Å²) in [5, 5.41) is 4.72. The second-order valence-corrected chi connectivity index (χ2v) is 9.00. The number of ether oxygens (including phenoxy) is 4. The third-order valence-corrected chi connectivity index (χ3v) is 6.46. The molecule has 0 aliphatic carbocycles. The van der Waals surface area contributed by atoms with Gasteiger partial charge in [-0.1, -0.05) is 0 Å². The first-order valence-corrected chi connectivity index (χ1v) is 12.4. The zero-order chi connectivity index (χ0) is 24.2. The van der Waals surface area contributed by atoms with Gasteiger partial charge < -0.3 is 34.1 Å². The molecule has 3 aromatic rings. The maximum absolute atomic E-state index is 13.0. The molecule has 0 radical (unpaired) electrons. The first-order chi connectivity index (χ1) is 17.1. The van der Waals surface area contributed by atoms with Crippen molar-refractivity contribution in [2.24, 2.45) is 0 Å². The fourth-order valence-corrected chi connectivity index (χ4v) is 4.63. The van der Waals surface area contributed by atoms with E-state index >= 15 is 0 Å². The summed E-state index contributed by atoms with van der Waals surface area (Å²) >= 11 is 5.77. The molecule has 8 nitrogen and oxygen atoms in total. The second kappa shape index (κ2) is 10.5. The summed E-state index contributed by atoms with van der Waals surface area (Å²) in [7, 11) is 0. The lowest BCUT2D eigenvalue weighted by molar-refractivity contribution is 0.0904. The number of anilines is 1. The molecule has 0 bridgehead atoms. The van der Waals surface area contributed by atoms with Gasteiger partial charge >= 0.3 is 0 Å². The van der Waals surface area contributed by atoms with Crippen LogP contribution in [0.3, 0.4) is 0 Å². The van der Waals surface area contributed by atoms with Crippen LogP contribution in [0, 0.1) is 0 Å². The standard InChI is InChI=1S/C26H29N3O5S/c1-2-31-20-7-5-19(6-8-20)27-26(35)29(16-21-4-3-9-32-21)15-18-12-17-13-23-24(34-11-10-33-23)14-22(17)28-25(18)30/h5-8,12-14,21H,2-4,9-11,15-16H2,1H3,(H,27,35)(H,28,30)/t21-/m1/s1. The highest BCUT2D eigenvalue weighted by molar-refractivity contribution is 7.80. The van der Waals surface area contributed by atoms with Gasteiger partial charge in [0.15, 0.2) is 16.6 Å². The lowest BCUT2D eigenvalue weighted by Gasteiger charge is -2.28. The number of rotatable bonds is 7. The summed E-state index contributed by atoms with van der Waals surface area (Å²) in [5.41, 5.74) is 2.02. The van der Waals surface area contributed by atoms with E-state index in [-0.39, 0.29) is 11.7 Å². The largest absolute Gasteiger partial charge is 0.494 e. The number of nitrogens with zero attached hydrogens (tertiary/aromatic N) is 1. The molecule has 0 saturated carbocycles. The molecule has 2 aromatic carbocycles. The van der Waals surface area contributed by atoms with Crippen LogP contribution in [0.25, 0.3) is 10.9 Å². The lowest BCUT2D eigenvalue weighted by Crippen LogP contribution is -2.40. The highest BCUT2D eigenvalue weighted by Gasteiger charge is 2.23. The molecule has 0 amide bonds. The number of aromatic amines is 1. The maximum atomic E-state index is 13.0. The van der Waals surface area contributed by atoms with E-state index in [1.165, 1.54) is 0 Å². The van der Waals surface area contributed by atoms with Crippen LogP contribution in [0.4, 0.5) is 5.69 Å². The van der Waals surface area contributed by atoms with Gasteiger partial charge in [-0.15, -0.1) is 0 Å². The van der Waals surface area contributed by atoms with Crippen molar-refractivity contribution in [3.8, 4) is 17.2 Å². The summed E-state index contributed by atoms with van der Waals surface area (Å²) in [6.07, 6.45) is 2.08. The van der Waals surface area contributed by atoms with E-state index in [9.17, 15) is 4.79 Å². The Morgan fingerprint density at radius 1 is 1.14 bits per heavy atom. The Morgan fingerprint density at radius 3 is 2.63 bits per heavy atom. The van der Waals surface area contributed by atoms with E-state index < -0.39 is 0 Å². The van der Waals surface area contributed by atoms with E-state index in [1.807, 2.05) is 54.3 Å². The average Bonchev–Trinajstić information content (AvgIpc) is 3.37. The van der Waals surface area contributed by atoms with Gasteiger partial charge in [0.2, 0.25) is 0 Å². The quantitative estimate of drug-likeness (QED) is 0.475. The minimum atomic E-state index is -0.157. The SMILES string of the molecule is CCOc1ccc(NC(=S)N(Cc2cc3cc4c(cc3[nH]c2=O)OCCO4)C[C@H]2CCCO2)cc1. The van der Waals surface area contributed by atoms with Crippen LogP contribution < -0.4 is 25.1 Å². The van der Waals surface area contributed by atoms with Crippen molar-refractivity contribution in [1.29, 1.82) is 0 Å². The fraction of sp³-hybridized carbons (Fsp3) is 0.385. The Kier molecular flexibility index (Phi) is 7.06. The number of hydrogen-bond acceptors (Lipinski definition) is 6. The number of hydrogen-bond donors (Lipinski definition) is 2. The Morgan fingerprint density at radius 2 is 1.91 bits per heavy atom. The average molecular weight is 496 g/mol. The molecule has 35 heavy (non-hydrogen) atoms. The third-order valence-electron chi connectivity index (χ3n) is 6.10. The van der Waals surface area contributed by atoms with Crippen molar-refractivity contribution in [3.05, 3.63) is 58.4 Å². The van der Waals surface area contributed by atoms with Gasteiger partial charge in [0.25, 0.3) is 5.56 Å². The van der Waals surface area contributed by atoms with Crippen molar-refractivity contribution in [2.45, 2.75) is 32.4 Å². The van der Waals surface area contributed by atoms with E-state index in [2.05, 4.69) is 10.3 Å². The Labute approximate surface area is 209 Å². The van der Waals surface area contributed by atoms with Crippen molar-refractivity contribution in [1.82, 2.24) is 9.88 Å². The third kappa shape index (κ3) is 5.52. The van der Waals surface area contributed by atoms with Crippen LogP contribution in [0.1, 0.15) is 25.3 Å². The summed E-state index contributed by atoms with van der Waals surface area (Å²) in [4.78, 5) is 18.0. The number of fused-ring (bicyclic) bond motifs is 2. The Hall–Kier alpha value is -3.30. The van der Waals surface area contributed by atoms with Gasteiger partial charge in [-0.25, -0.2) is 0 Å². The monoisotopic (exact) mass is 495 g/mol. The molecule has 1 aromatic heterocycles. The van der Waals surface area contributed by atoms with Gasteiger partial charge in [-0.05, 0) is 68.4 Å². The summed E-state index contributed by atoms with van der Waals surface area (Å²) in [6, 6.07) is 13.3. The number of nitrogens with one attached hydrogen (secondary N) is 2. The molecule has 1 saturated heterocycles. The number of thiocarbonyl (C=S) groups is 1. The van der Waals surface area contributed by atoms with Crippen molar-refractivity contribution in [2.75, 3.05) is 38.3 Å². The number of benzene rings is 2. The van der Waals surface area contributed by atoms with Crippen LogP contribution >= 0.6 is 12.2 Å². The normalized spacial score (nSPS) is 16.8. The molecule has 1 fully saturated rings. The van der Waals surface area contributed by atoms with E-state index in [0.29, 0.717) is 60.6 Å². The van der Waals surface area contributed by atoms with Gasteiger partial charge in [0.1, 0.15) is 19.0 Å². The molecule has 2 aliphatic heterocycles. The van der Waals surface area contributed by atoms with Crippen LogP contribution in [-0.4, -0.2) is 54.1 Å². The van der Waals surface area contributed by atoms with E-state index in [1.54, 1.807) is 0 Å². The topological polar surface area (TPSA) is 85.1 Å². The highest BCUT2D eigenvalue weighted by atomic mass is 32.1. The zero-order valence-electron chi connectivity index (χ0n) is 19.7. The maximum Gasteiger partial charge on any atom is 0.253 e. The van der Waals surface area contributed by atoms with Crippen molar-refractivity contribution >= 4 is 33.9 Å². The van der Waals surface area contributed by atoms with Gasteiger partial charge in [-0.2, -0.15) is 0 Å². The van der Waals surface area contributed by atoms with Gasteiger partial charge in [-0.3, -0.25) is 4.79 Å². The van der Waals surface area contributed by atoms with Crippen LogP contribution in [-0.2, 0) is 11.3 Å². The molecule has 184 valence electrons. The predicted molar refractivity (Wildman–Crippen MR) is 139 cm³/mol. The molecular formula is C26H29N3O5S. The molecule has 3 heterocycles. The van der Waals surface area contributed by atoms with Crippen LogP contribution in [0.5, 0.6) is 17.2 Å². The lowest BCUT2D eigenvalue weighted by atomic mass is 10.1. The molecule has 0 unspecified atom stereocenters. The molecule has 9 heteroatoms. The molecule has 5 rings (SSSR count). The molecule has 2 aliphatic rings. The first-order valence-electron chi connectivity index (χ1n) is 11.9. The van der Waals surface area contributed by atoms with Crippen LogP contribution in [0.15, 0.2) is 47.3 Å². The Balaban J connectivity index is 1.38. The van der Waals surface area contributed by atoms with Crippen molar-refractivity contribution in [3.63, 3.8) is 0 Å². The first kappa shape index (κ1) is 23.4.